The number of carboxylic acid groups (broad SMARTS) is 1. The molecular weight excluding hydrogens is 276 g/mol. The fourth-order valence-electron chi connectivity index (χ4n) is 1.81. The van der Waals surface area contributed by atoms with Gasteiger partial charge in [-0.3, -0.25) is 4.79 Å². The maximum atomic E-state index is 12.3. The number of rotatable bonds is 4. The van der Waals surface area contributed by atoms with Crippen LogP contribution < -0.4 is 0 Å². The van der Waals surface area contributed by atoms with Gasteiger partial charge in [-0.2, -0.15) is 0 Å². The van der Waals surface area contributed by atoms with Crippen LogP contribution in [-0.4, -0.2) is 19.5 Å². The van der Waals surface area contributed by atoms with E-state index in [4.69, 9.17) is 5.11 Å². The summed E-state index contributed by atoms with van der Waals surface area (Å²) in [5.74, 6) is -1.60. The fraction of sp³-hybridized carbons (Fsp3) is 0.133. The second-order valence-corrected chi connectivity index (χ2v) is 6.40. The zero-order chi connectivity index (χ0) is 14.8. The molecule has 1 unspecified atom stereocenters. The van der Waals surface area contributed by atoms with Crippen LogP contribution in [0.5, 0.6) is 0 Å². The minimum Gasteiger partial charge on any atom is -0.481 e. The van der Waals surface area contributed by atoms with E-state index in [1.165, 1.54) is 36.4 Å². The molecule has 2 aromatic carbocycles. The standard InChI is InChI=1S/C15H14O4S/c1-11(15(16)17)12-7-9-14(10-8-12)20(18,19)13-5-3-2-4-6-13/h2-11H,1H3,(H,16,17). The molecular formula is C15H14O4S. The van der Waals surface area contributed by atoms with Gasteiger partial charge in [-0.05, 0) is 36.8 Å². The first-order valence-electron chi connectivity index (χ1n) is 6.06. The van der Waals surface area contributed by atoms with Crippen LogP contribution in [0, 0.1) is 0 Å². The topological polar surface area (TPSA) is 71.4 Å². The minimum absolute atomic E-state index is 0.157. The third kappa shape index (κ3) is 2.72. The van der Waals surface area contributed by atoms with Gasteiger partial charge < -0.3 is 5.11 Å². The Labute approximate surface area is 117 Å². The Bertz CT molecular complexity index is 703. The average molecular weight is 290 g/mol. The van der Waals surface area contributed by atoms with Crippen molar-refractivity contribution in [2.75, 3.05) is 0 Å². The van der Waals surface area contributed by atoms with Gasteiger partial charge in [-0.1, -0.05) is 30.3 Å². The van der Waals surface area contributed by atoms with E-state index in [2.05, 4.69) is 0 Å². The summed E-state index contributed by atoms with van der Waals surface area (Å²) in [6.07, 6.45) is 0. The van der Waals surface area contributed by atoms with E-state index in [-0.39, 0.29) is 9.79 Å². The number of sulfone groups is 1. The summed E-state index contributed by atoms with van der Waals surface area (Å²) in [6.45, 7) is 1.56. The molecule has 1 atom stereocenters. The van der Waals surface area contributed by atoms with Crippen molar-refractivity contribution in [3.63, 3.8) is 0 Å². The lowest BCUT2D eigenvalue weighted by atomic mass is 10.0. The van der Waals surface area contributed by atoms with Crippen molar-refractivity contribution in [3.05, 3.63) is 60.2 Å². The Morgan fingerprint density at radius 3 is 1.95 bits per heavy atom. The van der Waals surface area contributed by atoms with Crippen LogP contribution in [0.4, 0.5) is 0 Å². The Morgan fingerprint density at radius 2 is 1.45 bits per heavy atom. The summed E-state index contributed by atoms with van der Waals surface area (Å²) in [5, 5.41) is 8.92. The van der Waals surface area contributed by atoms with Crippen molar-refractivity contribution in [2.24, 2.45) is 0 Å². The summed E-state index contributed by atoms with van der Waals surface area (Å²) < 4.78 is 24.7. The van der Waals surface area contributed by atoms with Crippen LogP contribution in [0.3, 0.4) is 0 Å². The molecule has 0 bridgehead atoms. The van der Waals surface area contributed by atoms with Gasteiger partial charge in [0.2, 0.25) is 9.84 Å². The van der Waals surface area contributed by atoms with Crippen LogP contribution in [0.25, 0.3) is 0 Å². The first-order valence-corrected chi connectivity index (χ1v) is 7.54. The van der Waals surface area contributed by atoms with Crippen molar-refractivity contribution in [3.8, 4) is 0 Å². The van der Waals surface area contributed by atoms with E-state index in [9.17, 15) is 13.2 Å². The van der Waals surface area contributed by atoms with Gasteiger partial charge in [0.05, 0.1) is 15.7 Å². The summed E-state index contributed by atoms with van der Waals surface area (Å²) in [5.41, 5.74) is 0.574. The molecule has 5 heteroatoms. The molecule has 0 amide bonds. The smallest absolute Gasteiger partial charge is 0.310 e. The van der Waals surface area contributed by atoms with Crippen LogP contribution in [0.2, 0.25) is 0 Å². The number of hydrogen-bond acceptors (Lipinski definition) is 3. The molecule has 0 heterocycles. The molecule has 0 fully saturated rings. The van der Waals surface area contributed by atoms with Crippen molar-refractivity contribution < 1.29 is 18.3 Å². The Hall–Kier alpha value is -2.14. The molecule has 2 rings (SSSR count). The quantitative estimate of drug-likeness (QED) is 0.939. The summed E-state index contributed by atoms with van der Waals surface area (Å²) in [6, 6.07) is 14.1. The molecule has 0 saturated heterocycles. The van der Waals surface area contributed by atoms with Gasteiger partial charge in [0.15, 0.2) is 0 Å². The maximum absolute atomic E-state index is 12.3. The first-order chi connectivity index (χ1) is 9.43. The highest BCUT2D eigenvalue weighted by atomic mass is 32.2. The summed E-state index contributed by atoms with van der Waals surface area (Å²) >= 11 is 0. The lowest BCUT2D eigenvalue weighted by Gasteiger charge is -2.08. The van der Waals surface area contributed by atoms with Gasteiger partial charge >= 0.3 is 5.97 Å². The second-order valence-electron chi connectivity index (χ2n) is 4.45. The lowest BCUT2D eigenvalue weighted by Crippen LogP contribution is -2.08. The molecule has 0 spiro atoms. The highest BCUT2D eigenvalue weighted by molar-refractivity contribution is 7.91. The Kier molecular flexibility index (Phi) is 3.90. The predicted octanol–water partition coefficient (Wildman–Crippen LogP) is 2.71. The van der Waals surface area contributed by atoms with Crippen LogP contribution in [0.15, 0.2) is 64.4 Å². The second kappa shape index (κ2) is 5.46. The van der Waals surface area contributed by atoms with Gasteiger partial charge in [-0.25, -0.2) is 8.42 Å². The third-order valence-electron chi connectivity index (χ3n) is 3.11. The fourth-order valence-corrected chi connectivity index (χ4v) is 3.10. The zero-order valence-corrected chi connectivity index (χ0v) is 11.7. The van der Waals surface area contributed by atoms with Crippen LogP contribution in [0.1, 0.15) is 18.4 Å². The van der Waals surface area contributed by atoms with Crippen LogP contribution >= 0.6 is 0 Å². The average Bonchev–Trinajstić information content (AvgIpc) is 2.47. The number of carboxylic acids is 1. The number of benzene rings is 2. The van der Waals surface area contributed by atoms with Gasteiger partial charge in [0.1, 0.15) is 0 Å². The molecule has 4 nitrogen and oxygen atoms in total. The van der Waals surface area contributed by atoms with Crippen molar-refractivity contribution in [1.29, 1.82) is 0 Å². The van der Waals surface area contributed by atoms with E-state index in [1.807, 2.05) is 0 Å². The first kappa shape index (κ1) is 14.3. The third-order valence-corrected chi connectivity index (χ3v) is 4.90. The van der Waals surface area contributed by atoms with E-state index in [0.717, 1.165) is 0 Å². The van der Waals surface area contributed by atoms with E-state index >= 15 is 0 Å². The maximum Gasteiger partial charge on any atom is 0.310 e. The molecule has 0 aliphatic rings. The zero-order valence-electron chi connectivity index (χ0n) is 10.9. The Balaban J connectivity index is 2.38. The molecule has 1 N–H and O–H groups in total. The van der Waals surface area contributed by atoms with Crippen molar-refractivity contribution >= 4 is 15.8 Å². The molecule has 2 aromatic rings. The molecule has 0 saturated carbocycles. The number of aliphatic carboxylic acids is 1. The van der Waals surface area contributed by atoms with Gasteiger partial charge in [0, 0.05) is 0 Å². The normalized spacial score (nSPS) is 12.8. The molecule has 0 aliphatic carbocycles. The molecule has 0 aromatic heterocycles. The van der Waals surface area contributed by atoms with Crippen molar-refractivity contribution in [1.82, 2.24) is 0 Å². The van der Waals surface area contributed by atoms with E-state index in [0.29, 0.717) is 5.56 Å². The van der Waals surface area contributed by atoms with E-state index < -0.39 is 21.7 Å². The van der Waals surface area contributed by atoms with Gasteiger partial charge in [-0.15, -0.1) is 0 Å². The molecule has 0 radical (unpaired) electrons. The summed E-state index contributed by atoms with van der Waals surface area (Å²) in [4.78, 5) is 11.3. The summed E-state index contributed by atoms with van der Waals surface area (Å²) in [7, 11) is -3.55. The predicted molar refractivity (Wildman–Crippen MR) is 74.4 cm³/mol. The van der Waals surface area contributed by atoms with Crippen LogP contribution in [-0.2, 0) is 14.6 Å². The number of hydrogen-bond donors (Lipinski definition) is 1. The monoisotopic (exact) mass is 290 g/mol. The van der Waals surface area contributed by atoms with Gasteiger partial charge in [0.25, 0.3) is 0 Å². The number of carbonyl (C=O) groups is 1. The SMILES string of the molecule is CC(C(=O)O)c1ccc(S(=O)(=O)c2ccccc2)cc1. The molecule has 104 valence electrons. The highest BCUT2D eigenvalue weighted by Gasteiger charge is 2.19. The Morgan fingerprint density at radius 1 is 0.950 bits per heavy atom. The lowest BCUT2D eigenvalue weighted by molar-refractivity contribution is -0.138. The largest absolute Gasteiger partial charge is 0.481 e. The molecule has 20 heavy (non-hydrogen) atoms. The van der Waals surface area contributed by atoms with E-state index in [1.54, 1.807) is 25.1 Å². The minimum atomic E-state index is -3.55. The molecule has 0 aliphatic heterocycles. The highest BCUT2D eigenvalue weighted by Crippen LogP contribution is 2.23. The van der Waals surface area contributed by atoms with Crippen molar-refractivity contribution in [2.45, 2.75) is 22.6 Å².